The molecule has 9 unspecified atom stereocenters. The van der Waals surface area contributed by atoms with Gasteiger partial charge in [-0.15, -0.1) is 0 Å². The van der Waals surface area contributed by atoms with E-state index in [1.54, 1.807) is 21.1 Å². The lowest BCUT2D eigenvalue weighted by Gasteiger charge is -2.47. The molecule has 6 heterocycles. The van der Waals surface area contributed by atoms with Gasteiger partial charge in [0.15, 0.2) is 18.9 Å². The van der Waals surface area contributed by atoms with Crippen molar-refractivity contribution in [2.45, 2.75) is 131 Å². The first-order valence-corrected chi connectivity index (χ1v) is 20.3. The Morgan fingerprint density at radius 1 is 0.407 bits per heavy atom. The summed E-state index contributed by atoms with van der Waals surface area (Å²) >= 11 is 0. The van der Waals surface area contributed by atoms with Crippen molar-refractivity contribution < 1.29 is 72.5 Å². The molecule has 0 bridgehead atoms. The molecule has 0 saturated carbocycles. The number of aliphatic hydroxyl groups is 4. The van der Waals surface area contributed by atoms with Crippen molar-refractivity contribution in [3.05, 3.63) is 108 Å². The van der Waals surface area contributed by atoms with E-state index in [1.165, 1.54) is 0 Å². The number of benzene rings is 3. The van der Waals surface area contributed by atoms with Crippen molar-refractivity contribution in [3.63, 3.8) is 0 Å². The normalized spacial score (nSPS) is 41.6. The molecule has 6 saturated heterocycles. The van der Waals surface area contributed by atoms with Gasteiger partial charge < -0.3 is 72.5 Å². The Morgan fingerprint density at radius 3 is 1.19 bits per heavy atom. The van der Waals surface area contributed by atoms with Crippen LogP contribution in [0, 0.1) is 0 Å². The Morgan fingerprint density at radius 2 is 0.763 bits per heavy atom. The van der Waals surface area contributed by atoms with Gasteiger partial charge in [0.2, 0.25) is 0 Å². The van der Waals surface area contributed by atoms with Gasteiger partial charge in [-0.05, 0) is 20.8 Å². The van der Waals surface area contributed by atoms with E-state index in [0.29, 0.717) is 19.8 Å². The van der Waals surface area contributed by atoms with Crippen LogP contribution in [0.5, 0.6) is 0 Å². The molecule has 3 aromatic rings. The highest BCUT2D eigenvalue weighted by Crippen LogP contribution is 2.37. The largest absolute Gasteiger partial charge is 0.388 e. The smallest absolute Gasteiger partial charge is 0.184 e. The third-order valence-electron chi connectivity index (χ3n) is 11.5. The first-order chi connectivity index (χ1) is 28.6. The fourth-order valence-electron chi connectivity index (χ4n) is 8.30. The molecule has 15 nitrogen and oxygen atoms in total. The fourth-order valence-corrected chi connectivity index (χ4v) is 8.30. The molecule has 0 spiro atoms. The lowest BCUT2D eigenvalue weighted by molar-refractivity contribution is -0.329. The third-order valence-corrected chi connectivity index (χ3v) is 11.5. The zero-order valence-corrected chi connectivity index (χ0v) is 34.0. The molecular formula is C44H58O15. The Kier molecular flexibility index (Phi) is 15.2. The highest BCUT2D eigenvalue weighted by atomic mass is 16.7. The van der Waals surface area contributed by atoms with Gasteiger partial charge in [-0.1, -0.05) is 91.0 Å². The predicted molar refractivity (Wildman–Crippen MR) is 209 cm³/mol. The number of aliphatic hydroxyl groups excluding tert-OH is 4. The number of ether oxygens (including phenoxy) is 11. The van der Waals surface area contributed by atoms with E-state index in [2.05, 4.69) is 0 Å². The maximum Gasteiger partial charge on any atom is 0.184 e. The van der Waals surface area contributed by atoms with Crippen molar-refractivity contribution in [1.29, 1.82) is 0 Å². The molecule has 15 heteroatoms. The van der Waals surface area contributed by atoms with Gasteiger partial charge in [-0.3, -0.25) is 0 Å². The van der Waals surface area contributed by atoms with Crippen molar-refractivity contribution >= 4 is 0 Å². The van der Waals surface area contributed by atoms with E-state index in [4.69, 9.17) is 52.1 Å². The van der Waals surface area contributed by atoms with Crippen LogP contribution in [0.15, 0.2) is 91.0 Å². The van der Waals surface area contributed by atoms with Crippen LogP contribution in [-0.2, 0) is 52.1 Å². The number of hydrogen-bond donors (Lipinski definition) is 4. The minimum atomic E-state index is -0.955. The lowest BCUT2D eigenvalue weighted by Crippen LogP contribution is -2.61. The fraction of sp³-hybridized carbons (Fsp3) is 0.591. The molecule has 6 aliphatic rings. The van der Waals surface area contributed by atoms with Crippen LogP contribution >= 0.6 is 0 Å². The molecular weight excluding hydrogens is 768 g/mol. The number of hydrogen-bond acceptors (Lipinski definition) is 15. The summed E-state index contributed by atoms with van der Waals surface area (Å²) in [5.41, 5.74) is 2.78. The summed E-state index contributed by atoms with van der Waals surface area (Å²) in [5.74, 6) is 0. The second kappa shape index (κ2) is 20.3. The second-order valence-corrected chi connectivity index (χ2v) is 15.5. The van der Waals surface area contributed by atoms with Crippen LogP contribution in [0.25, 0.3) is 0 Å². The third kappa shape index (κ3) is 10.1. The van der Waals surface area contributed by atoms with E-state index >= 15 is 0 Å². The highest BCUT2D eigenvalue weighted by molar-refractivity contribution is 5.19. The minimum absolute atomic E-state index is 0.184. The molecule has 0 aromatic heterocycles. The first kappa shape index (κ1) is 44.1. The van der Waals surface area contributed by atoms with Gasteiger partial charge >= 0.3 is 0 Å². The highest BCUT2D eigenvalue weighted by Gasteiger charge is 2.50. The first-order valence-electron chi connectivity index (χ1n) is 20.3. The maximum absolute atomic E-state index is 10.4. The standard InChI is InChI=1S/2C15H20O5.C14H18O5/c1-9-13(17-2)12(16)14-11(19-9)8-18-15(20-14)10-6-4-3-5-7-10;1-9-12(16)14(17-2)13-11(19-9)8-18-15(20-13)10-6-4-3-5-7-10;1-8-11(15)12(16)13-10(18-8)7-17-14(19-13)9-5-3-2-4-6-9/h2*3-7,9,11-16H,8H2,1-2H3;2-6,8,10-16H,7H2,1H3/t9-,11?,12+,13?,14+,15?;9-,11?,12?,13+,14+,15?;8-,10?,11?,12+,13+,14?/m000/s1. The SMILES string of the molecule is COC1[C@H](C)OC2COC(c3ccccc3)O[C@H]2[C@@H]1O.CO[C@@H]1C(O)[C@H](C)OC2COC(c3ccccc3)O[C@H]21.C[C@@H]1OC2COC(c3ccccc3)O[C@H]2[C@H](O)C1O. The van der Waals surface area contributed by atoms with E-state index < -0.39 is 67.7 Å². The van der Waals surface area contributed by atoms with Gasteiger partial charge in [-0.2, -0.15) is 0 Å². The molecule has 6 fully saturated rings. The van der Waals surface area contributed by atoms with Crippen molar-refractivity contribution in [3.8, 4) is 0 Å². The van der Waals surface area contributed by atoms with Crippen molar-refractivity contribution in [2.75, 3.05) is 34.0 Å². The Balaban J connectivity index is 0.000000134. The Bertz CT molecular complexity index is 1690. The van der Waals surface area contributed by atoms with Crippen LogP contribution in [0.2, 0.25) is 0 Å². The average Bonchev–Trinajstić information content (AvgIpc) is 3.27. The van der Waals surface area contributed by atoms with Crippen LogP contribution < -0.4 is 0 Å². The summed E-state index contributed by atoms with van der Waals surface area (Å²) in [6.07, 6.45) is -8.57. The molecule has 0 radical (unpaired) electrons. The Hall–Kier alpha value is -2.94. The summed E-state index contributed by atoms with van der Waals surface area (Å²) in [4.78, 5) is 0. The average molecular weight is 827 g/mol. The number of rotatable bonds is 5. The quantitative estimate of drug-likeness (QED) is 0.294. The topological polar surface area (TPSA) is 182 Å². The predicted octanol–water partition coefficient (Wildman–Crippen LogP) is 3.14. The van der Waals surface area contributed by atoms with Gasteiger partial charge in [0, 0.05) is 30.9 Å². The molecule has 6 aliphatic heterocycles. The summed E-state index contributed by atoms with van der Waals surface area (Å²) in [6, 6.07) is 29.0. The number of methoxy groups -OCH3 is 2. The van der Waals surface area contributed by atoms with Crippen molar-refractivity contribution in [2.24, 2.45) is 0 Å². The van der Waals surface area contributed by atoms with Crippen LogP contribution in [0.3, 0.4) is 0 Å². The van der Waals surface area contributed by atoms with E-state index in [0.717, 1.165) is 16.7 Å². The minimum Gasteiger partial charge on any atom is -0.388 e. The molecule has 4 N–H and O–H groups in total. The molecule has 9 rings (SSSR count). The molecule has 3 aromatic carbocycles. The van der Waals surface area contributed by atoms with Crippen molar-refractivity contribution in [1.82, 2.24) is 0 Å². The Labute approximate surface area is 344 Å². The van der Waals surface area contributed by atoms with Gasteiger partial charge in [0.25, 0.3) is 0 Å². The van der Waals surface area contributed by atoms with Crippen LogP contribution in [0.1, 0.15) is 56.3 Å². The summed E-state index contributed by atoms with van der Waals surface area (Å²) in [6.45, 7) is 6.63. The zero-order valence-electron chi connectivity index (χ0n) is 34.0. The number of fused-ring (bicyclic) bond motifs is 3. The molecule has 59 heavy (non-hydrogen) atoms. The van der Waals surface area contributed by atoms with Crippen LogP contribution in [-0.4, -0.2) is 146 Å². The van der Waals surface area contributed by atoms with Gasteiger partial charge in [0.1, 0.15) is 73.2 Å². The summed E-state index contributed by atoms with van der Waals surface area (Å²) in [5, 5.41) is 40.5. The monoisotopic (exact) mass is 826 g/mol. The van der Waals surface area contributed by atoms with E-state index in [-0.39, 0.29) is 42.7 Å². The van der Waals surface area contributed by atoms with Crippen LogP contribution in [0.4, 0.5) is 0 Å². The summed E-state index contributed by atoms with van der Waals surface area (Å²) in [7, 11) is 3.15. The molecule has 18 atom stereocenters. The molecule has 0 amide bonds. The molecule has 0 aliphatic carbocycles. The van der Waals surface area contributed by atoms with Gasteiger partial charge in [0.05, 0.1) is 38.1 Å². The second-order valence-electron chi connectivity index (χ2n) is 15.5. The zero-order chi connectivity index (χ0) is 41.6. The van der Waals surface area contributed by atoms with E-state index in [9.17, 15) is 20.4 Å². The summed E-state index contributed by atoms with van der Waals surface area (Å²) < 4.78 is 62.5. The lowest BCUT2D eigenvalue weighted by atomic mass is 9.94. The molecule has 324 valence electrons. The van der Waals surface area contributed by atoms with Gasteiger partial charge in [-0.25, -0.2) is 0 Å². The van der Waals surface area contributed by atoms with E-state index in [1.807, 2.05) is 105 Å². The maximum atomic E-state index is 10.4.